The molecule has 1 aliphatic heterocycles. The lowest BCUT2D eigenvalue weighted by molar-refractivity contribution is 0.0377. The lowest BCUT2D eigenvalue weighted by atomic mass is 9.71. The number of benzene rings is 3. The Bertz CT molecular complexity index is 2360. The van der Waals surface area contributed by atoms with Crippen LogP contribution in [0.5, 0.6) is 0 Å². The van der Waals surface area contributed by atoms with E-state index in [1.54, 1.807) is 0 Å². The number of para-hydroxylation sites is 1. The number of rotatable bonds is 2. The van der Waals surface area contributed by atoms with Crippen LogP contribution in [0.2, 0.25) is 0 Å². The van der Waals surface area contributed by atoms with Gasteiger partial charge in [-0.15, -0.1) is 0 Å². The predicted octanol–water partition coefficient (Wildman–Crippen LogP) is 8.00. The molecule has 0 saturated heterocycles. The van der Waals surface area contributed by atoms with Gasteiger partial charge in [-0.2, -0.15) is 0 Å². The molecule has 2 N–H and O–H groups in total. The molecule has 0 spiro atoms. The molecule has 1 saturated carbocycles. The number of anilines is 2. The molecule has 0 atom stereocenters. The van der Waals surface area contributed by atoms with Gasteiger partial charge in [-0.1, -0.05) is 24.3 Å². The maximum atomic E-state index is 13.0. The van der Waals surface area contributed by atoms with Crippen LogP contribution in [-0.2, 0) is 10.3 Å². The minimum absolute atomic E-state index is 0.391. The number of alkyl carbamates (subject to hydrolysis) is 1. The van der Waals surface area contributed by atoms with Crippen molar-refractivity contribution in [1.82, 2.24) is 29.2 Å². The number of amides is 1. The molecule has 5 heterocycles. The molecule has 222 valence electrons. The van der Waals surface area contributed by atoms with Crippen molar-refractivity contribution in [1.29, 1.82) is 0 Å². The van der Waals surface area contributed by atoms with Gasteiger partial charge in [0.15, 0.2) is 5.82 Å². The van der Waals surface area contributed by atoms with Crippen LogP contribution in [0.4, 0.5) is 16.3 Å². The summed E-state index contributed by atoms with van der Waals surface area (Å²) in [4.78, 5) is 27.7. The van der Waals surface area contributed by atoms with Crippen LogP contribution < -0.4 is 10.6 Å². The summed E-state index contributed by atoms with van der Waals surface area (Å²) in [7, 11) is 0. The van der Waals surface area contributed by atoms with E-state index in [-0.39, 0.29) is 0 Å². The van der Waals surface area contributed by atoms with E-state index in [9.17, 15) is 4.79 Å². The maximum absolute atomic E-state index is 13.0. The molecule has 0 radical (unpaired) electrons. The van der Waals surface area contributed by atoms with Gasteiger partial charge in [0, 0.05) is 41.1 Å². The Hall–Kier alpha value is -5.44. The van der Waals surface area contributed by atoms with E-state index < -0.39 is 17.2 Å². The minimum Gasteiger partial charge on any atom is -0.444 e. The molecule has 9 heteroatoms. The van der Waals surface area contributed by atoms with Crippen LogP contribution >= 0.6 is 0 Å². The van der Waals surface area contributed by atoms with Gasteiger partial charge in [-0.05, 0) is 92.8 Å². The molecule has 45 heavy (non-hydrogen) atoms. The van der Waals surface area contributed by atoms with Crippen LogP contribution in [0.1, 0.15) is 45.6 Å². The summed E-state index contributed by atoms with van der Waals surface area (Å²) in [6, 6.07) is 21.0. The van der Waals surface area contributed by atoms with Gasteiger partial charge in [0.05, 0.1) is 27.9 Å². The van der Waals surface area contributed by atoms with Gasteiger partial charge >= 0.3 is 6.09 Å². The third-order valence-electron chi connectivity index (χ3n) is 9.18. The molecule has 9 rings (SSSR count). The van der Waals surface area contributed by atoms with Gasteiger partial charge in [-0.25, -0.2) is 19.7 Å². The van der Waals surface area contributed by atoms with Crippen molar-refractivity contribution < 1.29 is 9.53 Å². The number of nitrogens with one attached hydrogen (secondary N) is 2. The van der Waals surface area contributed by atoms with E-state index in [0.29, 0.717) is 0 Å². The van der Waals surface area contributed by atoms with Crippen LogP contribution in [0.25, 0.3) is 55.3 Å². The molecule has 0 bridgehead atoms. The van der Waals surface area contributed by atoms with Gasteiger partial charge in [0.25, 0.3) is 0 Å². The molecule has 1 amide bonds. The summed E-state index contributed by atoms with van der Waals surface area (Å²) >= 11 is 0. The second-order valence-corrected chi connectivity index (χ2v) is 13.1. The highest BCUT2D eigenvalue weighted by Gasteiger charge is 2.41. The van der Waals surface area contributed by atoms with E-state index >= 15 is 0 Å². The van der Waals surface area contributed by atoms with Crippen molar-refractivity contribution in [2.24, 2.45) is 0 Å². The summed E-state index contributed by atoms with van der Waals surface area (Å²) in [5, 5.41) is 11.0. The van der Waals surface area contributed by atoms with Crippen LogP contribution in [-0.4, -0.2) is 35.6 Å². The number of imidazole rings is 2. The number of carbonyl (C=O) groups is 1. The third kappa shape index (κ3) is 3.86. The number of hydrogen-bond donors (Lipinski definition) is 2. The Morgan fingerprint density at radius 1 is 0.956 bits per heavy atom. The van der Waals surface area contributed by atoms with Gasteiger partial charge < -0.3 is 19.8 Å². The fourth-order valence-corrected chi connectivity index (χ4v) is 7.02. The highest BCUT2D eigenvalue weighted by atomic mass is 16.6. The number of fused-ring (bicyclic) bond motifs is 13. The van der Waals surface area contributed by atoms with E-state index in [4.69, 9.17) is 14.7 Å². The molecule has 1 aliphatic carbocycles. The number of carbonyl (C=O) groups excluding carboxylic acids is 1. The Labute approximate surface area is 258 Å². The first-order valence-electron chi connectivity index (χ1n) is 15.4. The van der Waals surface area contributed by atoms with E-state index in [1.165, 1.54) is 0 Å². The fraction of sp³-hybridized carbons (Fsp3) is 0.222. The predicted molar refractivity (Wildman–Crippen MR) is 176 cm³/mol. The molecular formula is C36H31N7O2. The van der Waals surface area contributed by atoms with E-state index in [1.807, 2.05) is 62.0 Å². The number of hydrogen-bond acceptors (Lipinski definition) is 6. The third-order valence-corrected chi connectivity index (χ3v) is 9.18. The smallest absolute Gasteiger partial charge is 0.408 e. The summed E-state index contributed by atoms with van der Waals surface area (Å²) < 4.78 is 9.98. The minimum atomic E-state index is -0.575. The lowest BCUT2D eigenvalue weighted by Gasteiger charge is -2.43. The number of nitrogens with zero attached hydrogens (tertiary/aromatic N) is 5. The molecular weight excluding hydrogens is 562 g/mol. The van der Waals surface area contributed by atoms with E-state index in [0.717, 1.165) is 91.6 Å². The standard InChI is InChI=1S/C36H31N7O2/c1-35(2,3)45-34(44)41-36(13-7-14-36)21-11-12-22-24(18-21)25-19-29-37-16-17-42(29)20-26(25)30-31(22)43-28-10-6-15-38-32(28)39-27-9-5-4-8-23(27)33(43)40-30/h4-6,8-12,15-20H,7,13-14H2,1-3H3,(H,38,39)(H,41,44). The van der Waals surface area contributed by atoms with Gasteiger partial charge in [-0.3, -0.25) is 4.57 Å². The van der Waals surface area contributed by atoms with Gasteiger partial charge in [0.2, 0.25) is 0 Å². The molecule has 0 unspecified atom stereocenters. The second kappa shape index (κ2) is 9.04. The Balaban J connectivity index is 1.37. The van der Waals surface area contributed by atoms with Crippen LogP contribution in [0, 0.1) is 0 Å². The summed E-state index contributed by atoms with van der Waals surface area (Å²) in [5.41, 5.74) is 5.69. The number of ether oxygens (including phenoxy) is 1. The van der Waals surface area contributed by atoms with Crippen molar-refractivity contribution in [2.75, 3.05) is 5.32 Å². The average Bonchev–Trinajstić information content (AvgIpc) is 3.59. The topological polar surface area (TPSA) is 98.4 Å². The molecule has 3 aromatic carbocycles. The van der Waals surface area contributed by atoms with Crippen LogP contribution in [0.15, 0.2) is 85.5 Å². The molecule has 7 aromatic rings. The highest BCUT2D eigenvalue weighted by Crippen LogP contribution is 2.47. The largest absolute Gasteiger partial charge is 0.444 e. The maximum Gasteiger partial charge on any atom is 0.408 e. The Kier molecular flexibility index (Phi) is 5.23. The molecule has 9 nitrogen and oxygen atoms in total. The van der Waals surface area contributed by atoms with Crippen molar-refractivity contribution in [2.45, 2.75) is 51.2 Å². The lowest BCUT2D eigenvalue weighted by Crippen LogP contribution is -2.52. The van der Waals surface area contributed by atoms with Crippen molar-refractivity contribution in [3.8, 4) is 17.1 Å². The first-order valence-corrected chi connectivity index (χ1v) is 15.4. The molecule has 1 fully saturated rings. The molecule has 4 aromatic heterocycles. The summed E-state index contributed by atoms with van der Waals surface area (Å²) in [5.74, 6) is 1.62. The average molecular weight is 594 g/mol. The summed E-state index contributed by atoms with van der Waals surface area (Å²) in [6.45, 7) is 5.67. The van der Waals surface area contributed by atoms with Crippen molar-refractivity contribution >= 4 is 55.8 Å². The second-order valence-electron chi connectivity index (χ2n) is 13.1. The Morgan fingerprint density at radius 3 is 2.62 bits per heavy atom. The first-order chi connectivity index (χ1) is 21.8. The quantitative estimate of drug-likeness (QED) is 0.197. The zero-order chi connectivity index (χ0) is 30.5. The van der Waals surface area contributed by atoms with Gasteiger partial charge in [0.1, 0.15) is 17.1 Å². The highest BCUT2D eigenvalue weighted by molar-refractivity contribution is 6.25. The number of aromatic nitrogens is 5. The van der Waals surface area contributed by atoms with Crippen molar-refractivity contribution in [3.05, 3.63) is 91.0 Å². The molecule has 2 aliphatic rings. The first kappa shape index (κ1) is 26.0. The SMILES string of the molecule is CC(C)(C)OC(=O)NC1(c2ccc3c(c2)c2cc4nccn4cc2c2nc4n(c32)-c2cccnc2Nc2ccccc2-4)CCC1. The normalized spacial score (nSPS) is 15.2. The number of pyridine rings is 2. The monoisotopic (exact) mass is 593 g/mol. The zero-order valence-electron chi connectivity index (χ0n) is 25.3. The van der Waals surface area contributed by atoms with Crippen LogP contribution in [0.3, 0.4) is 0 Å². The summed E-state index contributed by atoms with van der Waals surface area (Å²) in [6.07, 6.45) is 10.1. The van der Waals surface area contributed by atoms with E-state index in [2.05, 4.69) is 68.8 Å². The van der Waals surface area contributed by atoms with Crippen molar-refractivity contribution in [3.63, 3.8) is 0 Å². The Morgan fingerprint density at radius 2 is 1.80 bits per heavy atom. The zero-order valence-corrected chi connectivity index (χ0v) is 25.3. The fourth-order valence-electron chi connectivity index (χ4n) is 7.02.